The van der Waals surface area contributed by atoms with Gasteiger partial charge in [-0.15, -0.1) is 0 Å². The molecule has 144 valence electrons. The summed E-state index contributed by atoms with van der Waals surface area (Å²) in [6.07, 6.45) is 1.63. The molecule has 3 aromatic rings. The first-order valence-corrected chi connectivity index (χ1v) is 9.82. The number of nitrogens with one attached hydrogen (secondary N) is 1. The van der Waals surface area contributed by atoms with E-state index in [4.69, 9.17) is 16.3 Å². The van der Waals surface area contributed by atoms with E-state index < -0.39 is 4.92 Å². The van der Waals surface area contributed by atoms with Crippen LogP contribution in [0, 0.1) is 10.1 Å². The van der Waals surface area contributed by atoms with Crippen LogP contribution in [0.2, 0.25) is 5.02 Å². The average Bonchev–Trinajstić information content (AvgIpc) is 2.69. The molecular weight excluding hydrogens is 448 g/mol. The Morgan fingerprint density at radius 1 is 1.21 bits per heavy atom. The Labute approximate surface area is 174 Å². The molecule has 0 amide bonds. The van der Waals surface area contributed by atoms with Crippen molar-refractivity contribution in [3.05, 3.63) is 62.2 Å². The van der Waals surface area contributed by atoms with E-state index in [0.717, 1.165) is 24.2 Å². The minimum Gasteiger partial charge on any atom is -0.378 e. The number of aromatic nitrogens is 1. The molecule has 0 spiro atoms. The minimum atomic E-state index is -0.397. The van der Waals surface area contributed by atoms with Crippen molar-refractivity contribution in [3.8, 4) is 0 Å². The summed E-state index contributed by atoms with van der Waals surface area (Å²) in [6.45, 7) is 2.73. The van der Waals surface area contributed by atoms with Crippen LogP contribution in [0.25, 0.3) is 10.9 Å². The molecule has 0 atom stereocenters. The number of rotatable bonds is 4. The zero-order chi connectivity index (χ0) is 19.7. The Hall–Kier alpha value is -2.42. The van der Waals surface area contributed by atoms with Crippen LogP contribution in [-0.2, 0) is 4.74 Å². The van der Waals surface area contributed by atoms with Crippen LogP contribution < -0.4 is 10.2 Å². The van der Waals surface area contributed by atoms with Crippen LogP contribution >= 0.6 is 27.5 Å². The number of para-hydroxylation sites is 1. The predicted molar refractivity (Wildman–Crippen MR) is 114 cm³/mol. The first kappa shape index (κ1) is 18.9. The maximum atomic E-state index is 11.7. The number of nitrogens with zero attached hydrogens (tertiary/aromatic N) is 3. The lowest BCUT2D eigenvalue weighted by Gasteiger charge is -2.29. The van der Waals surface area contributed by atoms with E-state index in [1.165, 1.54) is 0 Å². The minimum absolute atomic E-state index is 0.0241. The van der Waals surface area contributed by atoms with Gasteiger partial charge in [0, 0.05) is 36.0 Å². The summed E-state index contributed by atoms with van der Waals surface area (Å²) < 4.78 is 5.82. The first-order chi connectivity index (χ1) is 13.5. The van der Waals surface area contributed by atoms with Crippen LogP contribution in [0.5, 0.6) is 0 Å². The molecule has 1 N–H and O–H groups in total. The fourth-order valence-electron chi connectivity index (χ4n) is 3.26. The van der Waals surface area contributed by atoms with Crippen LogP contribution in [0.4, 0.5) is 22.7 Å². The summed E-state index contributed by atoms with van der Waals surface area (Å²) in [5.41, 5.74) is 2.60. The van der Waals surface area contributed by atoms with Crippen molar-refractivity contribution in [1.29, 1.82) is 0 Å². The fourth-order valence-corrected chi connectivity index (χ4v) is 4.08. The molecular formula is C19H16BrClN4O3. The second-order valence-electron chi connectivity index (χ2n) is 6.30. The van der Waals surface area contributed by atoms with Crippen LogP contribution in [-0.4, -0.2) is 36.2 Å². The highest BCUT2D eigenvalue weighted by molar-refractivity contribution is 9.10. The van der Waals surface area contributed by atoms with Crippen molar-refractivity contribution in [2.45, 2.75) is 0 Å². The van der Waals surface area contributed by atoms with E-state index >= 15 is 0 Å². The van der Waals surface area contributed by atoms with Gasteiger partial charge in [0.05, 0.1) is 33.1 Å². The van der Waals surface area contributed by atoms with E-state index in [1.807, 2.05) is 12.1 Å². The van der Waals surface area contributed by atoms with Gasteiger partial charge in [0.1, 0.15) is 5.69 Å². The summed E-state index contributed by atoms with van der Waals surface area (Å²) >= 11 is 9.61. The molecule has 2 aromatic carbocycles. The van der Waals surface area contributed by atoms with Crippen molar-refractivity contribution in [1.82, 2.24) is 4.98 Å². The molecule has 4 rings (SSSR count). The maximum absolute atomic E-state index is 11.7. The van der Waals surface area contributed by atoms with Gasteiger partial charge in [0.25, 0.3) is 0 Å². The van der Waals surface area contributed by atoms with Crippen molar-refractivity contribution in [2.24, 2.45) is 0 Å². The number of hydrogen-bond donors (Lipinski definition) is 1. The second kappa shape index (κ2) is 7.90. The highest BCUT2D eigenvalue weighted by atomic mass is 79.9. The first-order valence-electron chi connectivity index (χ1n) is 8.65. The summed E-state index contributed by atoms with van der Waals surface area (Å²) in [5.74, 6) is 0. The number of morpholine rings is 1. The molecule has 1 fully saturated rings. The molecule has 0 saturated carbocycles. The van der Waals surface area contributed by atoms with E-state index in [0.29, 0.717) is 39.6 Å². The predicted octanol–water partition coefficient (Wildman–Crippen LogP) is 5.14. The van der Waals surface area contributed by atoms with Gasteiger partial charge >= 0.3 is 5.69 Å². The van der Waals surface area contributed by atoms with Gasteiger partial charge in [0.2, 0.25) is 0 Å². The molecule has 0 unspecified atom stereocenters. The van der Waals surface area contributed by atoms with Gasteiger partial charge < -0.3 is 15.0 Å². The van der Waals surface area contributed by atoms with Crippen molar-refractivity contribution < 1.29 is 9.66 Å². The monoisotopic (exact) mass is 462 g/mol. The van der Waals surface area contributed by atoms with Gasteiger partial charge in [-0.25, -0.2) is 0 Å². The smallest absolute Gasteiger partial charge is 0.306 e. The number of benzene rings is 2. The highest BCUT2D eigenvalue weighted by Gasteiger charge is 2.23. The quantitative estimate of drug-likeness (QED) is 0.426. The van der Waals surface area contributed by atoms with E-state index in [2.05, 4.69) is 31.1 Å². The molecule has 9 heteroatoms. The summed E-state index contributed by atoms with van der Waals surface area (Å²) in [5, 5.41) is 16.2. The average molecular weight is 464 g/mol. The third-order valence-electron chi connectivity index (χ3n) is 4.60. The van der Waals surface area contributed by atoms with Gasteiger partial charge in [0.15, 0.2) is 0 Å². The van der Waals surface area contributed by atoms with Crippen LogP contribution in [0.1, 0.15) is 0 Å². The number of ether oxygens (including phenoxy) is 1. The zero-order valence-electron chi connectivity index (χ0n) is 14.7. The molecule has 2 heterocycles. The molecule has 1 aliphatic heterocycles. The second-order valence-corrected chi connectivity index (χ2v) is 7.56. The van der Waals surface area contributed by atoms with E-state index in [1.54, 1.807) is 30.5 Å². The lowest BCUT2D eigenvalue weighted by molar-refractivity contribution is -0.384. The fraction of sp³-hybridized carbons (Fsp3) is 0.211. The molecule has 1 aliphatic rings. The highest BCUT2D eigenvalue weighted by Crippen LogP contribution is 2.40. The normalized spacial score (nSPS) is 14.3. The number of nitro groups is 1. The zero-order valence-corrected chi connectivity index (χ0v) is 17.0. The van der Waals surface area contributed by atoms with Crippen molar-refractivity contribution >= 4 is 61.2 Å². The number of hydrogen-bond acceptors (Lipinski definition) is 6. The Bertz CT molecular complexity index is 1060. The van der Waals surface area contributed by atoms with Gasteiger partial charge in [-0.2, -0.15) is 0 Å². The van der Waals surface area contributed by atoms with Gasteiger partial charge in [-0.3, -0.25) is 15.1 Å². The lowest BCUT2D eigenvalue weighted by atomic mass is 10.1. The number of nitro benzene ring substituents is 1. The summed E-state index contributed by atoms with van der Waals surface area (Å²) in [4.78, 5) is 17.8. The van der Waals surface area contributed by atoms with Crippen LogP contribution in [0.15, 0.2) is 47.1 Å². The van der Waals surface area contributed by atoms with Crippen molar-refractivity contribution in [3.63, 3.8) is 0 Å². The Kier molecular flexibility index (Phi) is 5.34. The Morgan fingerprint density at radius 3 is 2.75 bits per heavy atom. The third kappa shape index (κ3) is 3.63. The molecule has 0 radical (unpaired) electrons. The van der Waals surface area contributed by atoms with Gasteiger partial charge in [-0.1, -0.05) is 23.7 Å². The number of fused-ring (bicyclic) bond motifs is 1. The molecule has 28 heavy (non-hydrogen) atoms. The van der Waals surface area contributed by atoms with Gasteiger partial charge in [-0.05, 0) is 40.2 Å². The van der Waals surface area contributed by atoms with E-state index in [-0.39, 0.29) is 5.69 Å². The van der Waals surface area contributed by atoms with Crippen molar-refractivity contribution in [2.75, 3.05) is 36.5 Å². The van der Waals surface area contributed by atoms with E-state index in [9.17, 15) is 10.1 Å². The molecule has 1 saturated heterocycles. The Morgan fingerprint density at radius 2 is 2.00 bits per heavy atom. The third-order valence-corrected chi connectivity index (χ3v) is 5.51. The summed E-state index contributed by atoms with van der Waals surface area (Å²) in [7, 11) is 0. The maximum Gasteiger partial charge on any atom is 0.306 e. The molecule has 0 bridgehead atoms. The largest absolute Gasteiger partial charge is 0.378 e. The SMILES string of the molecule is O=[N+]([O-])c1c(Br)cc(N2CCOCC2)cc1Nc1ccnc2c(Cl)cccc12. The summed E-state index contributed by atoms with van der Waals surface area (Å²) in [6, 6.07) is 10.8. The topological polar surface area (TPSA) is 80.5 Å². The lowest BCUT2D eigenvalue weighted by Crippen LogP contribution is -2.36. The molecule has 0 aliphatic carbocycles. The number of halogens is 2. The molecule has 1 aromatic heterocycles. The Balaban J connectivity index is 1.81. The number of pyridine rings is 1. The van der Waals surface area contributed by atoms with Crippen LogP contribution in [0.3, 0.4) is 0 Å². The number of anilines is 3. The molecule has 7 nitrogen and oxygen atoms in total. The standard InChI is InChI=1S/C19H16BrClN4O3/c20-14-10-12(24-6-8-28-9-7-24)11-17(19(14)25(26)27)23-16-4-5-22-18-13(16)2-1-3-15(18)21/h1-5,10-11H,6-9H2,(H,22,23).